The lowest BCUT2D eigenvalue weighted by atomic mass is 10.1. The zero-order valence-corrected chi connectivity index (χ0v) is 15.3. The van der Waals surface area contributed by atoms with Gasteiger partial charge in [-0.25, -0.2) is 12.8 Å². The maximum atomic E-state index is 13.7. The summed E-state index contributed by atoms with van der Waals surface area (Å²) in [6.45, 7) is 1.59. The highest BCUT2D eigenvalue weighted by atomic mass is 32.2. The van der Waals surface area contributed by atoms with E-state index in [0.717, 1.165) is 6.07 Å². The maximum absolute atomic E-state index is 13.7. The van der Waals surface area contributed by atoms with Crippen molar-refractivity contribution in [3.8, 4) is 0 Å². The van der Waals surface area contributed by atoms with E-state index in [-0.39, 0.29) is 16.1 Å². The Balaban J connectivity index is 1.89. The summed E-state index contributed by atoms with van der Waals surface area (Å²) in [4.78, 5) is 12.3. The molecule has 0 spiro atoms. The molecular formula is C20H17FN2O3S. The molecule has 0 radical (unpaired) electrons. The molecule has 0 bridgehead atoms. The van der Waals surface area contributed by atoms with E-state index in [1.165, 1.54) is 24.3 Å². The molecule has 0 saturated heterocycles. The zero-order valence-electron chi connectivity index (χ0n) is 14.4. The third-order valence-corrected chi connectivity index (χ3v) is 5.32. The normalized spacial score (nSPS) is 11.0. The van der Waals surface area contributed by atoms with Crippen LogP contribution in [-0.4, -0.2) is 14.3 Å². The Hall–Kier alpha value is -3.19. The first-order valence-electron chi connectivity index (χ1n) is 8.11. The molecule has 0 heterocycles. The first-order valence-corrected chi connectivity index (χ1v) is 9.59. The molecule has 0 unspecified atom stereocenters. The van der Waals surface area contributed by atoms with Gasteiger partial charge in [-0.2, -0.15) is 0 Å². The van der Waals surface area contributed by atoms with Gasteiger partial charge in [-0.05, 0) is 48.9 Å². The number of rotatable bonds is 5. The lowest BCUT2D eigenvalue weighted by molar-refractivity contribution is 0.102. The number of amides is 1. The van der Waals surface area contributed by atoms with E-state index < -0.39 is 21.7 Å². The van der Waals surface area contributed by atoms with Crippen LogP contribution in [0.4, 0.5) is 15.8 Å². The fraction of sp³-hybridized carbons (Fsp3) is 0.0500. The van der Waals surface area contributed by atoms with Gasteiger partial charge in [-0.1, -0.05) is 36.4 Å². The third kappa shape index (κ3) is 4.32. The minimum Gasteiger partial charge on any atom is -0.321 e. The van der Waals surface area contributed by atoms with Crippen molar-refractivity contribution in [2.24, 2.45) is 0 Å². The molecule has 0 fully saturated rings. The van der Waals surface area contributed by atoms with Crippen LogP contribution in [0.3, 0.4) is 0 Å². The fourth-order valence-corrected chi connectivity index (χ4v) is 3.67. The molecule has 138 valence electrons. The van der Waals surface area contributed by atoms with Gasteiger partial charge in [-0.15, -0.1) is 0 Å². The molecule has 3 aromatic rings. The van der Waals surface area contributed by atoms with Crippen molar-refractivity contribution < 1.29 is 17.6 Å². The first-order chi connectivity index (χ1) is 12.9. The van der Waals surface area contributed by atoms with Crippen LogP contribution >= 0.6 is 0 Å². The fourth-order valence-electron chi connectivity index (χ4n) is 2.45. The number of hydrogen-bond acceptors (Lipinski definition) is 3. The van der Waals surface area contributed by atoms with Crippen LogP contribution in [0.5, 0.6) is 0 Å². The van der Waals surface area contributed by atoms with Crippen LogP contribution < -0.4 is 10.0 Å². The summed E-state index contributed by atoms with van der Waals surface area (Å²) >= 11 is 0. The Morgan fingerprint density at radius 3 is 2.30 bits per heavy atom. The van der Waals surface area contributed by atoms with Gasteiger partial charge in [0.1, 0.15) is 10.7 Å². The van der Waals surface area contributed by atoms with Crippen molar-refractivity contribution in [3.63, 3.8) is 0 Å². The molecule has 3 aromatic carbocycles. The Morgan fingerprint density at radius 2 is 1.59 bits per heavy atom. The molecule has 0 aromatic heterocycles. The second-order valence-electron chi connectivity index (χ2n) is 5.89. The average Bonchev–Trinajstić information content (AvgIpc) is 2.64. The number of carbonyl (C=O) groups is 1. The van der Waals surface area contributed by atoms with E-state index in [0.29, 0.717) is 11.3 Å². The molecule has 5 nitrogen and oxygen atoms in total. The lowest BCUT2D eigenvalue weighted by Crippen LogP contribution is -2.18. The number of nitrogens with one attached hydrogen (secondary N) is 2. The summed E-state index contributed by atoms with van der Waals surface area (Å²) in [5, 5.41) is 2.54. The van der Waals surface area contributed by atoms with Crippen LogP contribution in [-0.2, 0) is 10.0 Å². The highest BCUT2D eigenvalue weighted by Gasteiger charge is 2.20. The van der Waals surface area contributed by atoms with Crippen LogP contribution in [0.15, 0.2) is 77.7 Å². The first kappa shape index (κ1) is 18.6. The van der Waals surface area contributed by atoms with Crippen LogP contribution in [0, 0.1) is 12.7 Å². The number of benzene rings is 3. The number of halogens is 1. The highest BCUT2D eigenvalue weighted by molar-refractivity contribution is 7.92. The van der Waals surface area contributed by atoms with Crippen LogP contribution in [0.1, 0.15) is 15.9 Å². The van der Waals surface area contributed by atoms with E-state index >= 15 is 0 Å². The van der Waals surface area contributed by atoms with Crippen molar-refractivity contribution in [3.05, 3.63) is 89.7 Å². The lowest BCUT2D eigenvalue weighted by Gasteiger charge is -2.13. The molecule has 0 aliphatic heterocycles. The second kappa shape index (κ2) is 7.59. The molecule has 1 amide bonds. The number of para-hydroxylation sites is 2. The summed E-state index contributed by atoms with van der Waals surface area (Å²) < 4.78 is 41.6. The van der Waals surface area contributed by atoms with Gasteiger partial charge in [-0.3, -0.25) is 9.52 Å². The molecule has 3 rings (SSSR count). The van der Waals surface area contributed by atoms with Gasteiger partial charge >= 0.3 is 0 Å². The number of carbonyl (C=O) groups excluding carboxylic acids is 1. The molecule has 7 heteroatoms. The largest absolute Gasteiger partial charge is 0.321 e. The summed E-state index contributed by atoms with van der Waals surface area (Å²) in [5.74, 6) is -1.11. The van der Waals surface area contributed by atoms with Crippen molar-refractivity contribution in [1.29, 1.82) is 0 Å². The van der Waals surface area contributed by atoms with Gasteiger partial charge in [0.2, 0.25) is 0 Å². The Morgan fingerprint density at radius 1 is 0.926 bits per heavy atom. The summed E-state index contributed by atoms with van der Waals surface area (Å²) in [5.41, 5.74) is 1.02. The molecule has 0 aliphatic rings. The minimum atomic E-state index is -3.93. The van der Waals surface area contributed by atoms with Gasteiger partial charge in [0, 0.05) is 11.3 Å². The van der Waals surface area contributed by atoms with Crippen LogP contribution in [0.25, 0.3) is 0 Å². The summed E-state index contributed by atoms with van der Waals surface area (Å²) in [6, 6.07) is 18.5. The monoisotopic (exact) mass is 384 g/mol. The van der Waals surface area contributed by atoms with E-state index in [4.69, 9.17) is 0 Å². The number of anilines is 2. The quantitative estimate of drug-likeness (QED) is 0.693. The Kier molecular flexibility index (Phi) is 5.23. The van der Waals surface area contributed by atoms with Crippen LogP contribution in [0.2, 0.25) is 0 Å². The second-order valence-corrected chi connectivity index (χ2v) is 7.54. The zero-order chi connectivity index (χ0) is 19.4. The predicted octanol–water partition coefficient (Wildman–Crippen LogP) is 4.19. The molecule has 0 aliphatic carbocycles. The standard InChI is InChI=1S/C20H17FN2O3S/c1-14-11-12-15(13-17(14)21)20(24)22-18-9-5-6-10-19(18)27(25,26)23-16-7-3-2-4-8-16/h2-13,23H,1H3,(H,22,24). The Bertz CT molecular complexity index is 1080. The maximum Gasteiger partial charge on any atom is 0.263 e. The van der Waals surface area contributed by atoms with Crippen molar-refractivity contribution in [2.75, 3.05) is 10.0 Å². The summed E-state index contributed by atoms with van der Waals surface area (Å²) in [6.07, 6.45) is 0. The van der Waals surface area contributed by atoms with Gasteiger partial charge in [0.25, 0.3) is 15.9 Å². The van der Waals surface area contributed by atoms with E-state index in [1.807, 2.05) is 0 Å². The molecule has 2 N–H and O–H groups in total. The number of sulfonamides is 1. The average molecular weight is 384 g/mol. The third-order valence-electron chi connectivity index (χ3n) is 3.88. The topological polar surface area (TPSA) is 75.3 Å². The van der Waals surface area contributed by atoms with Gasteiger partial charge < -0.3 is 5.32 Å². The van der Waals surface area contributed by atoms with Gasteiger partial charge in [0.05, 0.1) is 5.69 Å². The van der Waals surface area contributed by atoms with E-state index in [9.17, 15) is 17.6 Å². The minimum absolute atomic E-state index is 0.0882. The SMILES string of the molecule is Cc1ccc(C(=O)Nc2ccccc2S(=O)(=O)Nc2ccccc2)cc1F. The molecule has 0 atom stereocenters. The molecular weight excluding hydrogens is 367 g/mol. The predicted molar refractivity (Wildman–Crippen MR) is 103 cm³/mol. The Labute approximate surface area is 156 Å². The smallest absolute Gasteiger partial charge is 0.263 e. The molecule has 0 saturated carbocycles. The van der Waals surface area contributed by atoms with Gasteiger partial charge in [0.15, 0.2) is 0 Å². The van der Waals surface area contributed by atoms with Crippen molar-refractivity contribution in [2.45, 2.75) is 11.8 Å². The molecule has 27 heavy (non-hydrogen) atoms. The van der Waals surface area contributed by atoms with Crippen molar-refractivity contribution >= 4 is 27.3 Å². The van der Waals surface area contributed by atoms with E-state index in [2.05, 4.69) is 10.0 Å². The van der Waals surface area contributed by atoms with Crippen molar-refractivity contribution in [1.82, 2.24) is 0 Å². The van der Waals surface area contributed by atoms with E-state index in [1.54, 1.807) is 49.4 Å². The number of hydrogen-bond donors (Lipinski definition) is 2. The highest BCUT2D eigenvalue weighted by Crippen LogP contribution is 2.24. The summed E-state index contributed by atoms with van der Waals surface area (Å²) in [7, 11) is -3.93. The number of aryl methyl sites for hydroxylation is 1.